The van der Waals surface area contributed by atoms with Gasteiger partial charge in [-0.2, -0.15) is 0 Å². The lowest BCUT2D eigenvalue weighted by atomic mass is 9.81. The van der Waals surface area contributed by atoms with E-state index in [1.54, 1.807) is 17.6 Å². The van der Waals surface area contributed by atoms with Gasteiger partial charge in [0, 0.05) is 5.56 Å². The summed E-state index contributed by atoms with van der Waals surface area (Å²) in [6.07, 6.45) is 5.54. The minimum Gasteiger partial charge on any atom is -0.496 e. The van der Waals surface area contributed by atoms with Crippen LogP contribution in [-0.2, 0) is 6.54 Å². The van der Waals surface area contributed by atoms with Gasteiger partial charge in [-0.3, -0.25) is 0 Å². The maximum atomic E-state index is 5.53. The summed E-state index contributed by atoms with van der Waals surface area (Å²) >= 11 is 0. The topological polar surface area (TPSA) is 18.1 Å². The lowest BCUT2D eigenvalue weighted by Crippen LogP contribution is -3.29. The molecule has 144 valence electrons. The van der Waals surface area contributed by atoms with Gasteiger partial charge in [0.25, 0.3) is 0 Å². The van der Waals surface area contributed by atoms with Crippen LogP contribution >= 0.6 is 0 Å². The molecule has 2 fully saturated rings. The summed E-state index contributed by atoms with van der Waals surface area (Å²) in [4.78, 5) is 3.58. The van der Waals surface area contributed by atoms with Crippen molar-refractivity contribution in [1.29, 1.82) is 0 Å². The zero-order valence-corrected chi connectivity index (χ0v) is 16.6. The van der Waals surface area contributed by atoms with Crippen molar-refractivity contribution in [1.82, 2.24) is 0 Å². The second-order valence-electron chi connectivity index (χ2n) is 8.36. The smallest absolute Gasteiger partial charge is 0.127 e. The van der Waals surface area contributed by atoms with E-state index in [4.69, 9.17) is 4.74 Å². The third-order valence-electron chi connectivity index (χ3n) is 6.81. The number of piperazine rings is 1. The molecule has 27 heavy (non-hydrogen) atoms. The number of hydrogen-bond acceptors (Lipinski definition) is 1. The van der Waals surface area contributed by atoms with Gasteiger partial charge in [-0.05, 0) is 49.3 Å². The Morgan fingerprint density at radius 2 is 1.48 bits per heavy atom. The van der Waals surface area contributed by atoms with Crippen LogP contribution in [0.15, 0.2) is 54.6 Å². The summed E-state index contributed by atoms with van der Waals surface area (Å²) in [7, 11) is 1.78. The van der Waals surface area contributed by atoms with Crippen molar-refractivity contribution in [2.75, 3.05) is 33.3 Å². The van der Waals surface area contributed by atoms with Crippen LogP contribution < -0.4 is 14.5 Å². The highest BCUT2D eigenvalue weighted by Crippen LogP contribution is 2.31. The minimum atomic E-state index is 0.791. The van der Waals surface area contributed by atoms with E-state index >= 15 is 0 Å². The van der Waals surface area contributed by atoms with Crippen molar-refractivity contribution < 1.29 is 14.5 Å². The van der Waals surface area contributed by atoms with E-state index in [2.05, 4.69) is 54.6 Å². The predicted molar refractivity (Wildman–Crippen MR) is 110 cm³/mol. The number of hydrogen-bond donors (Lipinski definition) is 2. The first kappa shape index (κ1) is 18.5. The average Bonchev–Trinajstić information content (AvgIpc) is 2.75. The van der Waals surface area contributed by atoms with Crippen LogP contribution in [0.2, 0.25) is 0 Å². The molecule has 4 rings (SSSR count). The van der Waals surface area contributed by atoms with Crippen LogP contribution in [0.1, 0.15) is 42.7 Å². The number of quaternary nitrogens is 2. The minimum absolute atomic E-state index is 0.791. The van der Waals surface area contributed by atoms with Crippen LogP contribution in [0.4, 0.5) is 0 Å². The molecule has 1 aliphatic carbocycles. The molecule has 0 spiro atoms. The zero-order valence-electron chi connectivity index (χ0n) is 16.6. The van der Waals surface area contributed by atoms with E-state index in [9.17, 15) is 0 Å². The molecular weight excluding hydrogens is 332 g/mol. The fourth-order valence-corrected chi connectivity index (χ4v) is 5.19. The fraction of sp³-hybridized carbons (Fsp3) is 0.500. The molecule has 0 atom stereocenters. The SMILES string of the molecule is COc1ccccc1C[NH+]1CC[NH+](C2CCC(c3ccccc3)CC2)CC1. The lowest BCUT2D eigenvalue weighted by Gasteiger charge is -2.38. The maximum Gasteiger partial charge on any atom is 0.127 e. The Balaban J connectivity index is 1.25. The Morgan fingerprint density at radius 3 is 2.19 bits per heavy atom. The summed E-state index contributed by atoms with van der Waals surface area (Å²) in [6.45, 7) is 6.31. The molecule has 1 aliphatic heterocycles. The molecule has 1 saturated heterocycles. The Hall–Kier alpha value is -1.84. The molecule has 0 amide bonds. The van der Waals surface area contributed by atoms with E-state index in [-0.39, 0.29) is 0 Å². The van der Waals surface area contributed by atoms with Gasteiger partial charge in [0.1, 0.15) is 38.5 Å². The molecule has 1 heterocycles. The molecule has 3 nitrogen and oxygen atoms in total. The number of nitrogens with one attached hydrogen (secondary N) is 2. The van der Waals surface area contributed by atoms with Gasteiger partial charge < -0.3 is 14.5 Å². The first-order chi connectivity index (χ1) is 13.3. The predicted octanol–water partition coefficient (Wildman–Crippen LogP) is 1.71. The van der Waals surface area contributed by atoms with E-state index < -0.39 is 0 Å². The first-order valence-corrected chi connectivity index (χ1v) is 10.7. The number of benzene rings is 2. The van der Waals surface area contributed by atoms with Crippen molar-refractivity contribution in [3.05, 3.63) is 65.7 Å². The van der Waals surface area contributed by atoms with Gasteiger partial charge >= 0.3 is 0 Å². The monoisotopic (exact) mass is 366 g/mol. The maximum absolute atomic E-state index is 5.53. The van der Waals surface area contributed by atoms with Crippen molar-refractivity contribution >= 4 is 0 Å². The fourth-order valence-electron chi connectivity index (χ4n) is 5.19. The van der Waals surface area contributed by atoms with Gasteiger partial charge in [0.15, 0.2) is 0 Å². The average molecular weight is 367 g/mol. The molecule has 0 bridgehead atoms. The Morgan fingerprint density at radius 1 is 0.815 bits per heavy atom. The summed E-state index contributed by atoms with van der Waals surface area (Å²) in [5.74, 6) is 1.83. The van der Waals surface area contributed by atoms with E-state index in [0.717, 1.165) is 24.3 Å². The van der Waals surface area contributed by atoms with Gasteiger partial charge in [-0.15, -0.1) is 0 Å². The van der Waals surface area contributed by atoms with Crippen LogP contribution in [-0.4, -0.2) is 39.3 Å². The Kier molecular flexibility index (Phi) is 6.10. The summed E-state index contributed by atoms with van der Waals surface area (Å²) < 4.78 is 5.53. The second kappa shape index (κ2) is 8.90. The first-order valence-electron chi connectivity index (χ1n) is 10.7. The Bertz CT molecular complexity index is 701. The largest absolute Gasteiger partial charge is 0.496 e. The van der Waals surface area contributed by atoms with Crippen LogP contribution in [0.5, 0.6) is 5.75 Å². The van der Waals surface area contributed by atoms with Gasteiger partial charge in [-0.25, -0.2) is 0 Å². The van der Waals surface area contributed by atoms with Crippen molar-refractivity contribution in [2.45, 2.75) is 44.2 Å². The molecule has 2 aromatic carbocycles. The third kappa shape index (κ3) is 4.53. The number of para-hydroxylation sites is 1. The molecule has 2 aliphatic rings. The van der Waals surface area contributed by atoms with Crippen LogP contribution in [0.25, 0.3) is 0 Å². The third-order valence-corrected chi connectivity index (χ3v) is 6.81. The summed E-state index contributed by atoms with van der Waals surface area (Å²) in [5.41, 5.74) is 2.90. The van der Waals surface area contributed by atoms with E-state index in [1.807, 2.05) is 4.90 Å². The summed E-state index contributed by atoms with van der Waals surface area (Å²) in [5, 5.41) is 0. The van der Waals surface area contributed by atoms with Crippen molar-refractivity contribution in [2.24, 2.45) is 0 Å². The normalized spacial score (nSPS) is 28.6. The van der Waals surface area contributed by atoms with Gasteiger partial charge in [-0.1, -0.05) is 42.5 Å². The molecule has 0 radical (unpaired) electrons. The number of methoxy groups -OCH3 is 1. The molecule has 2 aromatic rings. The zero-order chi connectivity index (χ0) is 18.5. The quantitative estimate of drug-likeness (QED) is 0.824. The van der Waals surface area contributed by atoms with Crippen LogP contribution in [0.3, 0.4) is 0 Å². The van der Waals surface area contributed by atoms with Crippen molar-refractivity contribution in [3.63, 3.8) is 0 Å². The second-order valence-corrected chi connectivity index (χ2v) is 8.36. The Labute approximate surface area is 163 Å². The van der Waals surface area contributed by atoms with Crippen molar-refractivity contribution in [3.8, 4) is 5.75 Å². The van der Waals surface area contributed by atoms with Gasteiger partial charge in [0.05, 0.1) is 13.2 Å². The number of ether oxygens (including phenoxy) is 1. The molecule has 1 saturated carbocycles. The molecule has 0 unspecified atom stereocenters. The standard InChI is InChI=1S/C24H32N2O/c1-27-24-10-6-5-9-22(24)19-25-15-17-26(18-16-25)23-13-11-21(12-14-23)20-7-3-2-4-8-20/h2-10,21,23H,11-19H2,1H3/p+2. The van der Waals surface area contributed by atoms with Gasteiger partial charge in [0.2, 0.25) is 0 Å². The highest BCUT2D eigenvalue weighted by Gasteiger charge is 2.33. The van der Waals surface area contributed by atoms with E-state index in [0.29, 0.717) is 0 Å². The van der Waals surface area contributed by atoms with E-state index in [1.165, 1.54) is 57.4 Å². The summed E-state index contributed by atoms with van der Waals surface area (Å²) in [6, 6.07) is 20.5. The molecular formula is C24H34N2O+2. The van der Waals surface area contributed by atoms with Crippen LogP contribution in [0, 0.1) is 0 Å². The number of rotatable bonds is 5. The molecule has 3 heteroatoms. The lowest BCUT2D eigenvalue weighted by molar-refractivity contribution is -1.03. The highest BCUT2D eigenvalue weighted by atomic mass is 16.5. The highest BCUT2D eigenvalue weighted by molar-refractivity contribution is 5.32. The molecule has 0 aromatic heterocycles. The molecule has 2 N–H and O–H groups in total.